The Kier molecular flexibility index (Phi) is 24.7. The van der Waals surface area contributed by atoms with Gasteiger partial charge in [0, 0.05) is 0 Å². The molecule has 8 N–H and O–H groups in total. The summed E-state index contributed by atoms with van der Waals surface area (Å²) in [6.07, 6.45) is 17.4. The second-order valence-corrected chi connectivity index (χ2v) is 9.58. The molecule has 0 aliphatic rings. The van der Waals surface area contributed by atoms with E-state index >= 15 is 0 Å². The van der Waals surface area contributed by atoms with Crippen LogP contribution in [0.5, 0.6) is 0 Å². The lowest BCUT2D eigenvalue weighted by atomic mass is 9.79. The molecule has 0 rings (SSSR count). The zero-order valence-corrected chi connectivity index (χ0v) is 20.8. The van der Waals surface area contributed by atoms with Gasteiger partial charge < -0.3 is 22.1 Å². The van der Waals surface area contributed by atoms with Gasteiger partial charge >= 0.3 is 7.82 Å². The molecule has 0 radical (unpaired) electrons. The van der Waals surface area contributed by atoms with Crippen LogP contribution >= 0.6 is 7.82 Å². The molecule has 2 unspecified atom stereocenters. The maximum Gasteiger partial charge on any atom is 0.469 e. The lowest BCUT2D eigenvalue weighted by Gasteiger charge is -2.27. The van der Waals surface area contributed by atoms with Gasteiger partial charge in [-0.05, 0) is 37.0 Å². The summed E-state index contributed by atoms with van der Waals surface area (Å²) in [4.78, 5) is 17.5. The largest absolute Gasteiger partial charge is 0.469 e. The fourth-order valence-electron chi connectivity index (χ4n) is 4.13. The van der Waals surface area contributed by atoms with Crippen molar-refractivity contribution in [2.24, 2.45) is 17.8 Å². The van der Waals surface area contributed by atoms with Crippen molar-refractivity contribution in [1.29, 1.82) is 0 Å². The van der Waals surface area contributed by atoms with E-state index in [0.29, 0.717) is 0 Å². The van der Waals surface area contributed by atoms with Crippen LogP contribution in [0, 0.1) is 17.8 Å². The van der Waals surface area contributed by atoms with E-state index in [1.165, 1.54) is 70.6 Å². The van der Waals surface area contributed by atoms with Gasteiger partial charge in [0.05, 0.1) is 6.61 Å². The Morgan fingerprint density at radius 2 is 1.14 bits per heavy atom. The summed E-state index contributed by atoms with van der Waals surface area (Å²) >= 11 is 0. The van der Waals surface area contributed by atoms with Crippen LogP contribution in [0.1, 0.15) is 118 Å². The van der Waals surface area contributed by atoms with Crippen LogP contribution < -0.4 is 12.3 Å². The van der Waals surface area contributed by atoms with Crippen molar-refractivity contribution in [3.63, 3.8) is 0 Å². The summed E-state index contributed by atoms with van der Waals surface area (Å²) in [6.45, 7) is 9.40. The molecule has 29 heavy (non-hydrogen) atoms. The maximum atomic E-state index is 10.7. The molecule has 0 bridgehead atoms. The van der Waals surface area contributed by atoms with Crippen molar-refractivity contribution < 1.29 is 18.9 Å². The zero-order chi connectivity index (χ0) is 20.5. The highest BCUT2D eigenvalue weighted by Gasteiger charge is 2.19. The van der Waals surface area contributed by atoms with Crippen LogP contribution in [-0.4, -0.2) is 16.4 Å². The summed E-state index contributed by atoms with van der Waals surface area (Å²) < 4.78 is 15.3. The fraction of sp³-hybridized carbons (Fsp3) is 1.00. The van der Waals surface area contributed by atoms with E-state index in [0.717, 1.165) is 37.0 Å². The first-order chi connectivity index (χ1) is 12.9. The van der Waals surface area contributed by atoms with Crippen molar-refractivity contribution in [2.45, 2.75) is 118 Å². The molecule has 2 atom stereocenters. The Balaban J connectivity index is -0.00000338. The Hall–Kier alpha value is 0.0300. The van der Waals surface area contributed by atoms with Crippen molar-refractivity contribution in [2.75, 3.05) is 6.61 Å². The lowest BCUT2D eigenvalue weighted by molar-refractivity contribution is 0.191. The van der Waals surface area contributed by atoms with Gasteiger partial charge in [0.15, 0.2) is 0 Å². The minimum Gasteiger partial charge on any atom is -0.344 e. The molecule has 0 aliphatic heterocycles. The van der Waals surface area contributed by atoms with Gasteiger partial charge in [0.1, 0.15) is 0 Å². The van der Waals surface area contributed by atoms with Gasteiger partial charge in [0.25, 0.3) is 0 Å². The molecule has 0 aromatic heterocycles. The average molecular weight is 441 g/mol. The second-order valence-electron chi connectivity index (χ2n) is 8.34. The molecular weight excluding hydrogens is 387 g/mol. The van der Waals surface area contributed by atoms with Gasteiger partial charge in [-0.15, -0.1) is 0 Å². The molecular formula is C22H53N2O4P. The summed E-state index contributed by atoms with van der Waals surface area (Å²) in [5, 5.41) is 0. The molecule has 0 spiro atoms. The van der Waals surface area contributed by atoms with Gasteiger partial charge in [-0.3, -0.25) is 4.52 Å². The molecule has 180 valence electrons. The zero-order valence-electron chi connectivity index (χ0n) is 19.9. The van der Waals surface area contributed by atoms with E-state index in [4.69, 9.17) is 9.79 Å². The van der Waals surface area contributed by atoms with E-state index in [-0.39, 0.29) is 18.9 Å². The van der Waals surface area contributed by atoms with Crippen LogP contribution in [0.15, 0.2) is 0 Å². The third-order valence-electron chi connectivity index (χ3n) is 5.94. The number of hydrogen-bond acceptors (Lipinski definition) is 4. The Labute approximate surface area is 181 Å². The standard InChI is InChI=1S/C22H47O4P.2H3N/c1-5-9-14-20(7-3)18-22(19-21(8-4)15-10-6-2)16-12-11-13-17-26-27(23,24)25;;/h20-22H,5-19H2,1-4H3,(H2,23,24,25);2*1H3. The predicted octanol–water partition coefficient (Wildman–Crippen LogP) is 7.81. The monoisotopic (exact) mass is 440 g/mol. The number of rotatable bonds is 19. The first-order valence-electron chi connectivity index (χ1n) is 11.6. The molecule has 0 fully saturated rings. The normalized spacial score (nSPS) is 14.6. The first kappa shape index (κ1) is 33.7. The van der Waals surface area contributed by atoms with Gasteiger partial charge in [0.2, 0.25) is 0 Å². The first-order valence-corrected chi connectivity index (χ1v) is 13.1. The third-order valence-corrected chi connectivity index (χ3v) is 6.45. The Morgan fingerprint density at radius 3 is 1.52 bits per heavy atom. The van der Waals surface area contributed by atoms with Gasteiger partial charge in [-0.1, -0.05) is 98.3 Å². The highest BCUT2D eigenvalue weighted by atomic mass is 31.2. The molecule has 0 amide bonds. The molecule has 6 nitrogen and oxygen atoms in total. The number of phosphoric acid groups is 1. The minimum atomic E-state index is -4.30. The highest BCUT2D eigenvalue weighted by Crippen LogP contribution is 2.36. The average Bonchev–Trinajstić information content (AvgIpc) is 2.63. The second kappa shape index (κ2) is 21.3. The third kappa shape index (κ3) is 21.1. The van der Waals surface area contributed by atoms with Crippen molar-refractivity contribution in [3.05, 3.63) is 0 Å². The smallest absolute Gasteiger partial charge is 0.344 e. The highest BCUT2D eigenvalue weighted by molar-refractivity contribution is 7.46. The summed E-state index contributed by atoms with van der Waals surface area (Å²) in [5.41, 5.74) is 0. The quantitative estimate of drug-likeness (QED) is 0.119. The SMILES string of the molecule is CCCCC(CC)CC(CCCCCOP(=O)(O)O)CC(CC)CCCC.N.N. The molecule has 0 saturated carbocycles. The number of hydrogen-bond donors (Lipinski definition) is 4. The van der Waals surface area contributed by atoms with E-state index < -0.39 is 7.82 Å². The van der Waals surface area contributed by atoms with Crippen LogP contribution in [0.25, 0.3) is 0 Å². The number of unbranched alkanes of at least 4 members (excludes halogenated alkanes) is 4. The summed E-state index contributed by atoms with van der Waals surface area (Å²) in [7, 11) is -4.30. The van der Waals surface area contributed by atoms with E-state index in [9.17, 15) is 4.57 Å². The number of phosphoric ester groups is 1. The van der Waals surface area contributed by atoms with Crippen molar-refractivity contribution in [1.82, 2.24) is 12.3 Å². The van der Waals surface area contributed by atoms with Crippen molar-refractivity contribution in [3.8, 4) is 0 Å². The van der Waals surface area contributed by atoms with Crippen LogP contribution in [-0.2, 0) is 9.09 Å². The maximum absolute atomic E-state index is 10.7. The van der Waals surface area contributed by atoms with Crippen LogP contribution in [0.4, 0.5) is 0 Å². The molecule has 7 heteroatoms. The molecule has 0 saturated heterocycles. The Morgan fingerprint density at radius 1 is 0.690 bits per heavy atom. The fourth-order valence-corrected chi connectivity index (χ4v) is 4.50. The van der Waals surface area contributed by atoms with E-state index in [1.807, 2.05) is 0 Å². The van der Waals surface area contributed by atoms with E-state index in [2.05, 4.69) is 32.2 Å². The van der Waals surface area contributed by atoms with Gasteiger partial charge in [-0.25, -0.2) is 4.57 Å². The topological polar surface area (TPSA) is 137 Å². The lowest BCUT2D eigenvalue weighted by Crippen LogP contribution is -2.14. The molecule has 0 aromatic carbocycles. The summed E-state index contributed by atoms with van der Waals surface area (Å²) in [5.74, 6) is 2.52. The van der Waals surface area contributed by atoms with Crippen molar-refractivity contribution >= 4 is 7.82 Å². The molecule has 0 aromatic rings. The summed E-state index contributed by atoms with van der Waals surface area (Å²) in [6, 6.07) is 0. The predicted molar refractivity (Wildman–Crippen MR) is 126 cm³/mol. The Bertz CT molecular complexity index is 362. The van der Waals surface area contributed by atoms with Crippen LogP contribution in [0.2, 0.25) is 0 Å². The van der Waals surface area contributed by atoms with Crippen LogP contribution in [0.3, 0.4) is 0 Å². The minimum absolute atomic E-state index is 0. The van der Waals surface area contributed by atoms with E-state index in [1.54, 1.807) is 0 Å². The van der Waals surface area contributed by atoms with Gasteiger partial charge in [-0.2, -0.15) is 0 Å². The molecule has 0 aliphatic carbocycles. The molecule has 0 heterocycles.